The zero-order valence-corrected chi connectivity index (χ0v) is 21.7. The van der Waals surface area contributed by atoms with Gasteiger partial charge in [0.25, 0.3) is 11.5 Å². The molecule has 0 fully saturated rings. The molecular weight excluding hydrogens is 508 g/mol. The lowest BCUT2D eigenvalue weighted by Gasteiger charge is -2.08. The molecule has 0 saturated carbocycles. The minimum Gasteiger partial charge on any atom is -0.378 e. The van der Waals surface area contributed by atoms with Crippen molar-refractivity contribution in [2.45, 2.75) is 26.0 Å². The summed E-state index contributed by atoms with van der Waals surface area (Å²) in [7, 11) is 1.61. The van der Waals surface area contributed by atoms with Gasteiger partial charge < -0.3 is 15.0 Å². The van der Waals surface area contributed by atoms with Crippen LogP contribution in [0.25, 0.3) is 10.1 Å². The molecule has 5 aromatic rings. The third-order valence-electron chi connectivity index (χ3n) is 6.11. The molecule has 3 aromatic heterocycles. The van der Waals surface area contributed by atoms with E-state index in [1.54, 1.807) is 24.6 Å². The van der Waals surface area contributed by atoms with Crippen LogP contribution < -0.4 is 10.9 Å². The molecule has 0 radical (unpaired) electrons. The van der Waals surface area contributed by atoms with Crippen LogP contribution in [0.3, 0.4) is 0 Å². The number of aromatic nitrogens is 3. The summed E-state index contributed by atoms with van der Waals surface area (Å²) in [5, 5.41) is 12.0. The van der Waals surface area contributed by atoms with Gasteiger partial charge in [0, 0.05) is 51.9 Å². The zero-order valence-electron chi connectivity index (χ0n) is 20.1. The average Bonchev–Trinajstić information content (AvgIpc) is 3.48. The summed E-state index contributed by atoms with van der Waals surface area (Å²) < 4.78 is 6.45. The molecule has 9 heteroatoms. The highest BCUT2D eigenvalue weighted by atomic mass is 35.5. The summed E-state index contributed by atoms with van der Waals surface area (Å²) in [6, 6.07) is 19.5. The molecule has 1 amide bonds. The van der Waals surface area contributed by atoms with Crippen molar-refractivity contribution in [3.05, 3.63) is 121 Å². The van der Waals surface area contributed by atoms with Gasteiger partial charge in [-0.3, -0.25) is 14.7 Å². The van der Waals surface area contributed by atoms with E-state index in [1.165, 1.54) is 0 Å². The van der Waals surface area contributed by atoms with E-state index >= 15 is 0 Å². The van der Waals surface area contributed by atoms with E-state index in [2.05, 4.69) is 20.5 Å². The number of nitrogens with one attached hydrogen (secondary N) is 3. The second kappa shape index (κ2) is 11.1. The summed E-state index contributed by atoms with van der Waals surface area (Å²) in [5.74, 6) is -0.246. The van der Waals surface area contributed by atoms with Gasteiger partial charge in [-0.1, -0.05) is 41.9 Å². The number of methoxy groups -OCH3 is 1. The van der Waals surface area contributed by atoms with Crippen molar-refractivity contribution in [1.29, 1.82) is 0 Å². The molecule has 7 nitrogen and oxygen atoms in total. The minimum atomic E-state index is -0.246. The number of carbonyl (C=O) groups is 1. The van der Waals surface area contributed by atoms with Crippen molar-refractivity contribution in [2.75, 3.05) is 7.11 Å². The first-order valence-corrected chi connectivity index (χ1v) is 12.9. The van der Waals surface area contributed by atoms with Gasteiger partial charge >= 0.3 is 0 Å². The fraction of sp³-hybridized carbons (Fsp3) is 0.179. The van der Waals surface area contributed by atoms with Gasteiger partial charge in [-0.15, -0.1) is 11.3 Å². The largest absolute Gasteiger partial charge is 0.378 e. The van der Waals surface area contributed by atoms with Crippen molar-refractivity contribution in [3.63, 3.8) is 0 Å². The van der Waals surface area contributed by atoms with E-state index in [1.807, 2.05) is 60.7 Å². The molecular formula is C28H25ClN4O3S. The number of hydrogen-bond donors (Lipinski definition) is 3. The Bertz CT molecular complexity index is 1600. The molecule has 37 heavy (non-hydrogen) atoms. The Balaban J connectivity index is 1.30. The van der Waals surface area contributed by atoms with Crippen molar-refractivity contribution >= 4 is 38.9 Å². The molecule has 3 N–H and O–H groups in total. The van der Waals surface area contributed by atoms with Crippen molar-refractivity contribution in [3.8, 4) is 0 Å². The molecule has 3 heterocycles. The molecule has 0 aliphatic carbocycles. The number of fused-ring (bicyclic) bond motifs is 1. The van der Waals surface area contributed by atoms with Crippen LogP contribution in [0.5, 0.6) is 0 Å². The highest BCUT2D eigenvalue weighted by Gasteiger charge is 2.20. The molecule has 0 aliphatic rings. The Kier molecular flexibility index (Phi) is 7.50. The van der Waals surface area contributed by atoms with Gasteiger partial charge in [-0.2, -0.15) is 5.10 Å². The predicted molar refractivity (Wildman–Crippen MR) is 146 cm³/mol. The molecule has 0 atom stereocenters. The Morgan fingerprint density at radius 2 is 1.86 bits per heavy atom. The van der Waals surface area contributed by atoms with Gasteiger partial charge in [0.1, 0.15) is 0 Å². The van der Waals surface area contributed by atoms with E-state index in [0.717, 1.165) is 37.3 Å². The standard InChI is InChI=1S/C28H25ClN4O3S/c1-36-16-24-23(12-18-6-4-17(5-7-18)11-19-3-2-10-30-27(19)34)26(33-32-24)28(35)31-15-22-14-20-13-21(29)8-9-25(20)37-22/h2-10,13-14H,11-12,15-16H2,1H3,(H,30,34)(H,31,35)(H,32,33). The van der Waals surface area contributed by atoms with Crippen molar-refractivity contribution < 1.29 is 9.53 Å². The van der Waals surface area contributed by atoms with Gasteiger partial charge in [-0.05, 0) is 46.8 Å². The lowest BCUT2D eigenvalue weighted by Crippen LogP contribution is -2.24. The highest BCUT2D eigenvalue weighted by Crippen LogP contribution is 2.28. The van der Waals surface area contributed by atoms with E-state index in [0.29, 0.717) is 42.3 Å². The molecule has 0 unspecified atom stereocenters. The fourth-order valence-electron chi connectivity index (χ4n) is 4.25. The molecule has 0 aliphatic heterocycles. The number of thiophene rings is 1. The number of hydrogen-bond acceptors (Lipinski definition) is 5. The first kappa shape index (κ1) is 25.0. The van der Waals surface area contributed by atoms with E-state index < -0.39 is 0 Å². The van der Waals surface area contributed by atoms with Gasteiger partial charge in [0.2, 0.25) is 0 Å². The van der Waals surface area contributed by atoms with Crippen LogP contribution in [0.4, 0.5) is 0 Å². The number of rotatable bonds is 9. The average molecular weight is 533 g/mol. The summed E-state index contributed by atoms with van der Waals surface area (Å²) in [4.78, 5) is 28.8. The van der Waals surface area contributed by atoms with Gasteiger partial charge in [0.05, 0.1) is 18.8 Å². The second-order valence-corrected chi connectivity index (χ2v) is 10.3. The summed E-state index contributed by atoms with van der Waals surface area (Å²) in [5.41, 5.74) is 4.62. The quantitative estimate of drug-likeness (QED) is 0.242. The molecule has 188 valence electrons. The predicted octanol–water partition coefficient (Wildman–Crippen LogP) is 5.22. The number of ether oxygens (including phenoxy) is 1. The third kappa shape index (κ3) is 5.83. The second-order valence-electron chi connectivity index (χ2n) is 8.73. The smallest absolute Gasteiger partial charge is 0.272 e. The normalized spacial score (nSPS) is 11.2. The van der Waals surface area contributed by atoms with Crippen LogP contribution >= 0.6 is 22.9 Å². The Morgan fingerprint density at radius 1 is 1.08 bits per heavy atom. The molecule has 0 spiro atoms. The number of carbonyl (C=O) groups excluding carboxylic acids is 1. The lowest BCUT2D eigenvalue weighted by atomic mass is 9.99. The highest BCUT2D eigenvalue weighted by molar-refractivity contribution is 7.19. The van der Waals surface area contributed by atoms with Gasteiger partial charge in [0.15, 0.2) is 5.69 Å². The van der Waals surface area contributed by atoms with Gasteiger partial charge in [-0.25, -0.2) is 0 Å². The third-order valence-corrected chi connectivity index (χ3v) is 7.46. The first-order valence-electron chi connectivity index (χ1n) is 11.8. The Morgan fingerprint density at radius 3 is 2.62 bits per heavy atom. The number of H-pyrrole nitrogens is 2. The van der Waals surface area contributed by atoms with Crippen LogP contribution in [0.1, 0.15) is 43.3 Å². The van der Waals surface area contributed by atoms with Crippen molar-refractivity contribution in [1.82, 2.24) is 20.5 Å². The number of nitrogens with zero attached hydrogens (tertiary/aromatic N) is 1. The van der Waals surface area contributed by atoms with E-state index in [-0.39, 0.29) is 11.5 Å². The number of aromatic amines is 2. The van der Waals surface area contributed by atoms with Crippen LogP contribution in [-0.2, 0) is 30.7 Å². The van der Waals surface area contributed by atoms with Crippen LogP contribution in [0.2, 0.25) is 5.02 Å². The van der Waals surface area contributed by atoms with E-state index in [9.17, 15) is 9.59 Å². The maximum Gasteiger partial charge on any atom is 0.272 e. The summed E-state index contributed by atoms with van der Waals surface area (Å²) in [6.07, 6.45) is 2.70. The Hall–Kier alpha value is -3.72. The maximum atomic E-state index is 13.1. The summed E-state index contributed by atoms with van der Waals surface area (Å²) in [6.45, 7) is 0.719. The monoisotopic (exact) mass is 532 g/mol. The van der Waals surface area contributed by atoms with E-state index in [4.69, 9.17) is 16.3 Å². The molecule has 2 aromatic carbocycles. The molecule has 0 saturated heterocycles. The first-order chi connectivity index (χ1) is 18.0. The number of pyridine rings is 1. The van der Waals surface area contributed by atoms with Crippen LogP contribution in [-0.4, -0.2) is 28.2 Å². The summed E-state index contributed by atoms with van der Waals surface area (Å²) >= 11 is 7.72. The SMILES string of the molecule is COCc1[nH]nc(C(=O)NCc2cc3cc(Cl)ccc3s2)c1Cc1ccc(Cc2ccc[nH]c2=O)cc1. The van der Waals surface area contributed by atoms with Crippen LogP contribution in [0, 0.1) is 0 Å². The number of halogens is 1. The van der Waals surface area contributed by atoms with Crippen LogP contribution in [0.15, 0.2) is 71.7 Å². The molecule has 0 bridgehead atoms. The number of benzene rings is 2. The number of amides is 1. The fourth-order valence-corrected chi connectivity index (χ4v) is 5.41. The molecule has 5 rings (SSSR count). The minimum absolute atomic E-state index is 0.0794. The lowest BCUT2D eigenvalue weighted by molar-refractivity contribution is 0.0945. The van der Waals surface area contributed by atoms with Crippen molar-refractivity contribution in [2.24, 2.45) is 0 Å². The maximum absolute atomic E-state index is 13.1. The Labute approximate surface area is 222 Å². The zero-order chi connectivity index (χ0) is 25.8. The topological polar surface area (TPSA) is 99.9 Å².